The van der Waals surface area contributed by atoms with E-state index in [1.54, 1.807) is 0 Å². The van der Waals surface area contributed by atoms with Crippen molar-refractivity contribution in [3.63, 3.8) is 0 Å². The molecular formula is C9H17F2NO. The quantitative estimate of drug-likeness (QED) is 0.664. The van der Waals surface area contributed by atoms with Crippen molar-refractivity contribution in [1.29, 1.82) is 0 Å². The molecule has 4 heteroatoms. The molecule has 0 heterocycles. The van der Waals surface area contributed by atoms with Gasteiger partial charge in [0.1, 0.15) is 6.61 Å². The average Bonchev–Trinajstić information content (AvgIpc) is 2.84. The SMILES string of the molecule is CCNC(COCC(F)F)C1CC1. The van der Waals surface area contributed by atoms with Crippen LogP contribution in [0.25, 0.3) is 0 Å². The molecule has 0 radical (unpaired) electrons. The second-order valence-electron chi connectivity index (χ2n) is 3.43. The molecule has 0 amide bonds. The lowest BCUT2D eigenvalue weighted by molar-refractivity contribution is 0.00754. The summed E-state index contributed by atoms with van der Waals surface area (Å²) >= 11 is 0. The van der Waals surface area contributed by atoms with Crippen molar-refractivity contribution in [1.82, 2.24) is 5.32 Å². The van der Waals surface area contributed by atoms with Crippen LogP contribution in [0.1, 0.15) is 19.8 Å². The molecule has 1 N–H and O–H groups in total. The smallest absolute Gasteiger partial charge is 0.261 e. The molecule has 1 saturated carbocycles. The van der Waals surface area contributed by atoms with Crippen LogP contribution in [0.3, 0.4) is 0 Å². The summed E-state index contributed by atoms with van der Waals surface area (Å²) in [7, 11) is 0. The predicted molar refractivity (Wildman–Crippen MR) is 47.0 cm³/mol. The Morgan fingerprint density at radius 3 is 2.54 bits per heavy atom. The number of hydrogen-bond donors (Lipinski definition) is 1. The Morgan fingerprint density at radius 2 is 2.08 bits per heavy atom. The van der Waals surface area contributed by atoms with E-state index >= 15 is 0 Å². The van der Waals surface area contributed by atoms with Gasteiger partial charge in [-0.2, -0.15) is 0 Å². The third-order valence-corrected chi connectivity index (χ3v) is 2.20. The Kier molecular flexibility index (Phi) is 4.59. The van der Waals surface area contributed by atoms with E-state index in [0.29, 0.717) is 12.5 Å². The topological polar surface area (TPSA) is 21.3 Å². The molecule has 1 rings (SSSR count). The fourth-order valence-corrected chi connectivity index (χ4v) is 1.41. The number of ether oxygens (including phenoxy) is 1. The molecule has 13 heavy (non-hydrogen) atoms. The van der Waals surface area contributed by atoms with Crippen LogP contribution in [0.2, 0.25) is 0 Å². The van der Waals surface area contributed by atoms with Crippen LogP contribution in [0.4, 0.5) is 8.78 Å². The molecule has 0 spiro atoms. The fraction of sp³-hybridized carbons (Fsp3) is 1.00. The van der Waals surface area contributed by atoms with E-state index in [9.17, 15) is 8.78 Å². The Hall–Kier alpha value is -0.220. The summed E-state index contributed by atoms with van der Waals surface area (Å²) in [5, 5.41) is 3.25. The van der Waals surface area contributed by atoms with Gasteiger partial charge in [-0.1, -0.05) is 6.92 Å². The van der Waals surface area contributed by atoms with E-state index < -0.39 is 13.0 Å². The summed E-state index contributed by atoms with van der Waals surface area (Å²) in [5.74, 6) is 0.651. The van der Waals surface area contributed by atoms with Crippen LogP contribution in [0.5, 0.6) is 0 Å². The Bertz CT molecular complexity index is 140. The monoisotopic (exact) mass is 193 g/mol. The fourth-order valence-electron chi connectivity index (χ4n) is 1.41. The van der Waals surface area contributed by atoms with Gasteiger partial charge >= 0.3 is 0 Å². The summed E-state index contributed by atoms with van der Waals surface area (Å²) in [6, 6.07) is 0.281. The highest BCUT2D eigenvalue weighted by atomic mass is 19.3. The lowest BCUT2D eigenvalue weighted by Gasteiger charge is -2.16. The minimum atomic E-state index is -2.35. The number of rotatable bonds is 7. The highest BCUT2D eigenvalue weighted by molar-refractivity contribution is 4.85. The molecule has 1 atom stereocenters. The lowest BCUT2D eigenvalue weighted by atomic mass is 10.2. The van der Waals surface area contributed by atoms with E-state index in [1.165, 1.54) is 12.8 Å². The normalized spacial score (nSPS) is 19.4. The van der Waals surface area contributed by atoms with Crippen molar-refractivity contribution in [2.75, 3.05) is 19.8 Å². The first-order valence-electron chi connectivity index (χ1n) is 4.83. The first-order chi connectivity index (χ1) is 6.24. The zero-order chi connectivity index (χ0) is 9.68. The number of hydrogen-bond acceptors (Lipinski definition) is 2. The van der Waals surface area contributed by atoms with Crippen LogP contribution < -0.4 is 5.32 Å². The molecule has 0 aromatic heterocycles. The molecule has 1 aliphatic rings. The molecule has 1 aliphatic carbocycles. The van der Waals surface area contributed by atoms with Gasteiger partial charge < -0.3 is 10.1 Å². The van der Waals surface area contributed by atoms with Gasteiger partial charge in [0.05, 0.1) is 6.61 Å². The van der Waals surface area contributed by atoms with Gasteiger partial charge in [0.25, 0.3) is 6.43 Å². The van der Waals surface area contributed by atoms with Gasteiger partial charge in [-0.25, -0.2) is 8.78 Å². The molecule has 1 unspecified atom stereocenters. The van der Waals surface area contributed by atoms with Crippen molar-refractivity contribution in [3.05, 3.63) is 0 Å². The van der Waals surface area contributed by atoms with Crippen LogP contribution in [0, 0.1) is 5.92 Å². The van der Waals surface area contributed by atoms with Crippen molar-refractivity contribution in [2.24, 2.45) is 5.92 Å². The minimum Gasteiger partial charge on any atom is -0.374 e. The number of nitrogens with one attached hydrogen (secondary N) is 1. The van der Waals surface area contributed by atoms with Gasteiger partial charge in [0, 0.05) is 6.04 Å². The maximum absolute atomic E-state index is 11.7. The summed E-state index contributed by atoms with van der Waals surface area (Å²) < 4.78 is 28.4. The molecule has 0 aromatic carbocycles. The number of halogens is 2. The van der Waals surface area contributed by atoms with Gasteiger partial charge in [0.2, 0.25) is 0 Å². The van der Waals surface area contributed by atoms with Crippen LogP contribution >= 0.6 is 0 Å². The van der Waals surface area contributed by atoms with Crippen LogP contribution in [-0.4, -0.2) is 32.2 Å². The molecule has 1 fully saturated rings. The molecule has 0 bridgehead atoms. The second kappa shape index (κ2) is 5.50. The highest BCUT2D eigenvalue weighted by Gasteiger charge is 2.30. The van der Waals surface area contributed by atoms with Crippen LogP contribution in [-0.2, 0) is 4.74 Å². The first kappa shape index (κ1) is 10.9. The lowest BCUT2D eigenvalue weighted by Crippen LogP contribution is -2.35. The summed E-state index contributed by atoms with van der Waals surface area (Å²) in [4.78, 5) is 0. The van der Waals surface area contributed by atoms with Crippen molar-refractivity contribution in [2.45, 2.75) is 32.2 Å². The van der Waals surface area contributed by atoms with E-state index in [4.69, 9.17) is 4.74 Å². The van der Waals surface area contributed by atoms with Crippen molar-refractivity contribution in [3.8, 4) is 0 Å². The third kappa shape index (κ3) is 4.52. The van der Waals surface area contributed by atoms with Crippen molar-refractivity contribution < 1.29 is 13.5 Å². The summed E-state index contributed by atoms with van der Waals surface area (Å²) in [6.45, 7) is 2.87. The zero-order valence-corrected chi connectivity index (χ0v) is 7.93. The Balaban J connectivity index is 2.07. The molecule has 0 aromatic rings. The van der Waals surface area contributed by atoms with E-state index in [1.807, 2.05) is 6.92 Å². The van der Waals surface area contributed by atoms with E-state index in [0.717, 1.165) is 6.54 Å². The maximum Gasteiger partial charge on any atom is 0.261 e. The molecule has 0 aliphatic heterocycles. The number of alkyl halides is 2. The minimum absolute atomic E-state index is 0.281. The van der Waals surface area contributed by atoms with E-state index in [2.05, 4.69) is 5.32 Å². The largest absolute Gasteiger partial charge is 0.374 e. The summed E-state index contributed by atoms with van der Waals surface area (Å²) in [5.41, 5.74) is 0. The van der Waals surface area contributed by atoms with Crippen molar-refractivity contribution >= 4 is 0 Å². The first-order valence-corrected chi connectivity index (χ1v) is 4.83. The molecule has 0 saturated heterocycles. The highest BCUT2D eigenvalue weighted by Crippen LogP contribution is 2.32. The third-order valence-electron chi connectivity index (χ3n) is 2.20. The molecular weight excluding hydrogens is 176 g/mol. The predicted octanol–water partition coefficient (Wildman–Crippen LogP) is 1.66. The summed E-state index contributed by atoms with van der Waals surface area (Å²) in [6.07, 6.45) is 0.0623. The van der Waals surface area contributed by atoms with E-state index in [-0.39, 0.29) is 6.04 Å². The van der Waals surface area contributed by atoms with Crippen LogP contribution in [0.15, 0.2) is 0 Å². The zero-order valence-electron chi connectivity index (χ0n) is 7.93. The van der Waals surface area contributed by atoms with Gasteiger partial charge in [0.15, 0.2) is 0 Å². The molecule has 2 nitrogen and oxygen atoms in total. The molecule has 78 valence electrons. The van der Waals surface area contributed by atoms with Gasteiger partial charge in [-0.3, -0.25) is 0 Å². The maximum atomic E-state index is 11.7. The number of likely N-dealkylation sites (N-methyl/N-ethyl adjacent to an activating group) is 1. The Morgan fingerprint density at radius 1 is 1.38 bits per heavy atom. The standard InChI is InChI=1S/C9H17F2NO/c1-2-12-8(7-3-4-7)5-13-6-9(10)11/h7-9,12H,2-6H2,1H3. The second-order valence-corrected chi connectivity index (χ2v) is 3.43. The van der Waals surface area contributed by atoms with Gasteiger partial charge in [-0.05, 0) is 25.3 Å². The average molecular weight is 193 g/mol. The Labute approximate surface area is 77.6 Å². The van der Waals surface area contributed by atoms with Gasteiger partial charge in [-0.15, -0.1) is 0 Å².